The van der Waals surface area contributed by atoms with E-state index in [1.165, 1.54) is 5.01 Å². The molecule has 1 amide bonds. The van der Waals surface area contributed by atoms with Crippen molar-refractivity contribution in [3.8, 4) is 0 Å². The van der Waals surface area contributed by atoms with E-state index in [2.05, 4.69) is 11.0 Å². The molecule has 1 heterocycles. The van der Waals surface area contributed by atoms with Crippen LogP contribution >= 0.6 is 0 Å². The van der Waals surface area contributed by atoms with Crippen LogP contribution in [-0.2, 0) is 11.3 Å². The number of carbonyl (C=O) groups is 1. The number of rotatable bonds is 4. The third kappa shape index (κ3) is 2.68. The van der Waals surface area contributed by atoms with Crippen LogP contribution in [0.15, 0.2) is 30.3 Å². The SMILES string of the molecule is O=C1OCCN1NNCc1ccccc1. The molecule has 1 aromatic rings. The molecule has 0 aliphatic carbocycles. The maximum Gasteiger partial charge on any atom is 0.425 e. The van der Waals surface area contributed by atoms with Crippen molar-refractivity contribution in [2.24, 2.45) is 0 Å². The van der Waals surface area contributed by atoms with Crippen molar-refractivity contribution in [3.63, 3.8) is 0 Å². The van der Waals surface area contributed by atoms with Gasteiger partial charge in [-0.2, -0.15) is 5.53 Å². The maximum atomic E-state index is 11.0. The van der Waals surface area contributed by atoms with Gasteiger partial charge in [0.15, 0.2) is 0 Å². The Bertz CT molecular complexity index is 329. The molecule has 0 radical (unpaired) electrons. The lowest BCUT2D eigenvalue weighted by Gasteiger charge is -2.14. The Hall–Kier alpha value is -1.59. The Labute approximate surface area is 88.0 Å². The number of hydrazine groups is 2. The lowest BCUT2D eigenvalue weighted by atomic mass is 10.2. The van der Waals surface area contributed by atoms with E-state index < -0.39 is 0 Å². The summed E-state index contributed by atoms with van der Waals surface area (Å²) in [4.78, 5) is 11.0. The topological polar surface area (TPSA) is 53.6 Å². The molecular formula is C10H13N3O2. The normalized spacial score (nSPS) is 15.5. The molecule has 5 nitrogen and oxygen atoms in total. The minimum Gasteiger partial charge on any atom is -0.446 e. The van der Waals surface area contributed by atoms with Gasteiger partial charge in [0.1, 0.15) is 6.61 Å². The number of nitrogens with zero attached hydrogens (tertiary/aromatic N) is 1. The Morgan fingerprint density at radius 1 is 1.33 bits per heavy atom. The van der Waals surface area contributed by atoms with Crippen LogP contribution in [0.4, 0.5) is 4.79 Å². The summed E-state index contributed by atoms with van der Waals surface area (Å²) < 4.78 is 4.75. The van der Waals surface area contributed by atoms with Crippen molar-refractivity contribution in [3.05, 3.63) is 35.9 Å². The average molecular weight is 207 g/mol. The number of hydrogen-bond acceptors (Lipinski definition) is 4. The van der Waals surface area contributed by atoms with Gasteiger partial charge < -0.3 is 4.74 Å². The van der Waals surface area contributed by atoms with Crippen molar-refractivity contribution in [1.82, 2.24) is 16.0 Å². The van der Waals surface area contributed by atoms with Crippen molar-refractivity contribution in [2.75, 3.05) is 13.2 Å². The average Bonchev–Trinajstić information content (AvgIpc) is 2.66. The summed E-state index contributed by atoms with van der Waals surface area (Å²) in [5.41, 5.74) is 6.89. The van der Waals surface area contributed by atoms with Gasteiger partial charge in [0, 0.05) is 6.54 Å². The van der Waals surface area contributed by atoms with Crippen molar-refractivity contribution >= 4 is 6.09 Å². The molecule has 0 unspecified atom stereocenters. The molecule has 2 N–H and O–H groups in total. The van der Waals surface area contributed by atoms with Gasteiger partial charge in [-0.25, -0.2) is 15.2 Å². The van der Waals surface area contributed by atoms with Crippen LogP contribution < -0.4 is 11.0 Å². The fraction of sp³-hybridized carbons (Fsp3) is 0.300. The zero-order chi connectivity index (χ0) is 10.5. The quantitative estimate of drug-likeness (QED) is 0.712. The number of ether oxygens (including phenoxy) is 1. The predicted octanol–water partition coefficient (Wildman–Crippen LogP) is 0.648. The first kappa shape index (κ1) is 9.95. The molecule has 1 saturated heterocycles. The van der Waals surface area contributed by atoms with Crippen LogP contribution in [0.25, 0.3) is 0 Å². The summed E-state index contributed by atoms with van der Waals surface area (Å²) in [5, 5.41) is 1.41. The highest BCUT2D eigenvalue weighted by atomic mass is 16.6. The van der Waals surface area contributed by atoms with Crippen LogP contribution in [0.5, 0.6) is 0 Å². The third-order valence-corrected chi connectivity index (χ3v) is 2.11. The lowest BCUT2D eigenvalue weighted by Crippen LogP contribution is -2.47. The van der Waals surface area contributed by atoms with E-state index in [0.29, 0.717) is 19.7 Å². The van der Waals surface area contributed by atoms with Crippen LogP contribution in [0.3, 0.4) is 0 Å². The van der Waals surface area contributed by atoms with Crippen molar-refractivity contribution < 1.29 is 9.53 Å². The first-order valence-corrected chi connectivity index (χ1v) is 4.83. The van der Waals surface area contributed by atoms with E-state index in [-0.39, 0.29) is 6.09 Å². The molecule has 0 spiro atoms. The summed E-state index contributed by atoms with van der Waals surface area (Å²) in [6.07, 6.45) is -0.337. The second-order valence-corrected chi connectivity index (χ2v) is 3.22. The highest BCUT2D eigenvalue weighted by Crippen LogP contribution is 1.99. The molecule has 15 heavy (non-hydrogen) atoms. The van der Waals surface area contributed by atoms with Gasteiger partial charge in [-0.05, 0) is 5.56 Å². The van der Waals surface area contributed by atoms with Crippen LogP contribution in [0.1, 0.15) is 5.56 Å². The smallest absolute Gasteiger partial charge is 0.425 e. The second-order valence-electron chi connectivity index (χ2n) is 3.22. The van der Waals surface area contributed by atoms with Crippen molar-refractivity contribution in [1.29, 1.82) is 0 Å². The summed E-state index contributed by atoms with van der Waals surface area (Å²) in [5.74, 6) is 0. The fourth-order valence-corrected chi connectivity index (χ4v) is 1.33. The Balaban J connectivity index is 1.73. The predicted molar refractivity (Wildman–Crippen MR) is 54.5 cm³/mol. The van der Waals surface area contributed by atoms with Gasteiger partial charge in [0.05, 0.1) is 6.54 Å². The zero-order valence-electron chi connectivity index (χ0n) is 8.27. The molecule has 0 atom stereocenters. The van der Waals surface area contributed by atoms with Gasteiger partial charge in [-0.1, -0.05) is 30.3 Å². The molecule has 0 bridgehead atoms. The van der Waals surface area contributed by atoms with Gasteiger partial charge in [-0.3, -0.25) is 0 Å². The molecule has 1 aliphatic rings. The first-order valence-electron chi connectivity index (χ1n) is 4.83. The van der Waals surface area contributed by atoms with Crippen LogP contribution in [0, 0.1) is 0 Å². The van der Waals surface area contributed by atoms with Crippen LogP contribution in [-0.4, -0.2) is 24.3 Å². The summed E-state index contributed by atoms with van der Waals surface area (Å²) in [6.45, 7) is 1.67. The van der Waals surface area contributed by atoms with E-state index in [9.17, 15) is 4.79 Å². The molecule has 0 saturated carbocycles. The molecule has 1 fully saturated rings. The Morgan fingerprint density at radius 2 is 2.13 bits per heavy atom. The number of nitrogens with one attached hydrogen (secondary N) is 2. The number of cyclic esters (lactones) is 1. The monoisotopic (exact) mass is 207 g/mol. The largest absolute Gasteiger partial charge is 0.446 e. The highest BCUT2D eigenvalue weighted by molar-refractivity contribution is 5.68. The van der Waals surface area contributed by atoms with E-state index >= 15 is 0 Å². The van der Waals surface area contributed by atoms with Gasteiger partial charge in [-0.15, -0.1) is 0 Å². The molecule has 5 heteroatoms. The van der Waals surface area contributed by atoms with E-state index in [1.54, 1.807) is 0 Å². The number of carbonyl (C=O) groups excluding carboxylic acids is 1. The minimum atomic E-state index is -0.337. The fourth-order valence-electron chi connectivity index (χ4n) is 1.33. The lowest BCUT2D eigenvalue weighted by molar-refractivity contribution is 0.136. The molecule has 1 aromatic carbocycles. The Kier molecular flexibility index (Phi) is 3.16. The first-order chi connectivity index (χ1) is 7.36. The third-order valence-electron chi connectivity index (χ3n) is 2.11. The standard InChI is InChI=1S/C10H13N3O2/c14-10-13(6-7-15-10)12-11-8-9-4-2-1-3-5-9/h1-5,11-12H,6-8H2. The second kappa shape index (κ2) is 4.77. The number of benzene rings is 1. The zero-order valence-corrected chi connectivity index (χ0v) is 8.27. The maximum absolute atomic E-state index is 11.0. The Morgan fingerprint density at radius 3 is 2.80 bits per heavy atom. The van der Waals surface area contributed by atoms with Gasteiger partial charge in [0.25, 0.3) is 0 Å². The molecule has 80 valence electrons. The van der Waals surface area contributed by atoms with E-state index in [4.69, 9.17) is 4.74 Å². The summed E-state index contributed by atoms with van der Waals surface area (Å²) >= 11 is 0. The van der Waals surface area contributed by atoms with E-state index in [0.717, 1.165) is 5.56 Å². The van der Waals surface area contributed by atoms with Gasteiger partial charge in [0.2, 0.25) is 0 Å². The van der Waals surface area contributed by atoms with E-state index in [1.807, 2.05) is 30.3 Å². The number of hydrogen-bond donors (Lipinski definition) is 2. The van der Waals surface area contributed by atoms with Crippen molar-refractivity contribution in [2.45, 2.75) is 6.54 Å². The molecule has 0 aromatic heterocycles. The highest BCUT2D eigenvalue weighted by Gasteiger charge is 2.20. The van der Waals surface area contributed by atoms with Crippen LogP contribution in [0.2, 0.25) is 0 Å². The minimum absolute atomic E-state index is 0.337. The molecular weight excluding hydrogens is 194 g/mol. The molecule has 2 rings (SSSR count). The summed E-state index contributed by atoms with van der Waals surface area (Å²) in [7, 11) is 0. The summed E-state index contributed by atoms with van der Waals surface area (Å²) in [6, 6.07) is 9.94. The number of amides is 1. The van der Waals surface area contributed by atoms with Gasteiger partial charge >= 0.3 is 6.09 Å². The molecule has 1 aliphatic heterocycles.